The lowest BCUT2D eigenvalue weighted by Crippen LogP contribution is -2.54. The van der Waals surface area contributed by atoms with E-state index in [2.05, 4.69) is 25.1 Å². The highest BCUT2D eigenvalue weighted by Gasteiger charge is 2.41. The molecule has 2 amide bonds. The Morgan fingerprint density at radius 2 is 2.03 bits per heavy atom. The summed E-state index contributed by atoms with van der Waals surface area (Å²) in [6.45, 7) is 8.60. The molecule has 3 atom stereocenters. The van der Waals surface area contributed by atoms with Gasteiger partial charge < -0.3 is 20.7 Å². The Kier molecular flexibility index (Phi) is 9.54. The van der Waals surface area contributed by atoms with E-state index in [0.29, 0.717) is 6.04 Å². The predicted octanol–water partition coefficient (Wildman–Crippen LogP) is 3.01. The molecule has 2 fully saturated rings. The van der Waals surface area contributed by atoms with E-state index >= 15 is 0 Å². The maximum atomic E-state index is 12.4. The van der Waals surface area contributed by atoms with Gasteiger partial charge in [-0.3, -0.25) is 9.59 Å². The largest absolute Gasteiger partial charge is 0.381 e. The third-order valence-electron chi connectivity index (χ3n) is 6.65. The van der Waals surface area contributed by atoms with Gasteiger partial charge in [0.1, 0.15) is 0 Å². The van der Waals surface area contributed by atoms with Crippen LogP contribution in [0.25, 0.3) is 0 Å². The molecule has 3 N–H and O–H groups in total. The third kappa shape index (κ3) is 6.56. The van der Waals surface area contributed by atoms with E-state index in [1.54, 1.807) is 0 Å². The van der Waals surface area contributed by atoms with Gasteiger partial charge >= 0.3 is 0 Å². The number of amides is 2. The molecule has 2 heterocycles. The molecule has 2 aliphatic rings. The summed E-state index contributed by atoms with van der Waals surface area (Å²) in [6, 6.07) is 7.72. The minimum Gasteiger partial charge on any atom is -0.381 e. The number of hydrogen-bond donors (Lipinski definition) is 2. The third-order valence-corrected chi connectivity index (χ3v) is 6.65. The van der Waals surface area contributed by atoms with Crippen molar-refractivity contribution in [2.24, 2.45) is 11.1 Å². The SMILES string of the molecule is C#Cc1ccc(C(CC)NC=O)cc1.CC1CCCN1C(=O)C(N)C1(C)CCOCC1. The van der Waals surface area contributed by atoms with Crippen LogP contribution in [0.3, 0.4) is 0 Å². The van der Waals surface area contributed by atoms with Crippen LogP contribution in [-0.4, -0.2) is 49.1 Å². The van der Waals surface area contributed by atoms with E-state index in [9.17, 15) is 9.59 Å². The number of likely N-dealkylation sites (tertiary alicyclic amines) is 1. The van der Waals surface area contributed by atoms with Crippen LogP contribution < -0.4 is 11.1 Å². The number of nitrogens with one attached hydrogen (secondary N) is 1. The van der Waals surface area contributed by atoms with Crippen LogP contribution >= 0.6 is 0 Å². The molecule has 3 rings (SSSR count). The predicted molar refractivity (Wildman–Crippen MR) is 123 cm³/mol. The van der Waals surface area contributed by atoms with Crippen molar-refractivity contribution >= 4 is 12.3 Å². The first-order valence-corrected chi connectivity index (χ1v) is 11.3. The highest BCUT2D eigenvalue weighted by atomic mass is 16.5. The van der Waals surface area contributed by atoms with E-state index in [1.807, 2.05) is 36.1 Å². The van der Waals surface area contributed by atoms with Gasteiger partial charge in [0.05, 0.1) is 12.1 Å². The maximum Gasteiger partial charge on any atom is 0.240 e. The molecular formula is C25H37N3O3. The monoisotopic (exact) mass is 427 g/mol. The second-order valence-corrected chi connectivity index (χ2v) is 8.78. The fourth-order valence-corrected chi connectivity index (χ4v) is 4.23. The Balaban J connectivity index is 0.000000225. The van der Waals surface area contributed by atoms with Gasteiger partial charge in [-0.25, -0.2) is 0 Å². The Labute approximate surface area is 186 Å². The molecule has 170 valence electrons. The summed E-state index contributed by atoms with van der Waals surface area (Å²) in [5.41, 5.74) is 8.07. The summed E-state index contributed by atoms with van der Waals surface area (Å²) >= 11 is 0. The van der Waals surface area contributed by atoms with E-state index in [-0.39, 0.29) is 23.4 Å². The van der Waals surface area contributed by atoms with Gasteiger partial charge in [-0.2, -0.15) is 0 Å². The number of nitrogens with zero attached hydrogens (tertiary/aromatic N) is 1. The molecule has 31 heavy (non-hydrogen) atoms. The number of nitrogens with two attached hydrogens (primary N) is 1. The molecule has 0 saturated carbocycles. The number of hydrogen-bond acceptors (Lipinski definition) is 4. The summed E-state index contributed by atoms with van der Waals surface area (Å²) in [6.07, 6.45) is 10.8. The van der Waals surface area contributed by atoms with Crippen LogP contribution in [0.5, 0.6) is 0 Å². The lowest BCUT2D eigenvalue weighted by Gasteiger charge is -2.39. The Morgan fingerprint density at radius 1 is 1.39 bits per heavy atom. The van der Waals surface area contributed by atoms with Crippen molar-refractivity contribution in [2.45, 2.75) is 71.0 Å². The number of rotatable bonds is 6. The van der Waals surface area contributed by atoms with Crippen molar-refractivity contribution < 1.29 is 14.3 Å². The minimum absolute atomic E-state index is 0.0827. The summed E-state index contributed by atoms with van der Waals surface area (Å²) in [5, 5.41) is 2.75. The summed E-state index contributed by atoms with van der Waals surface area (Å²) in [5.74, 6) is 2.69. The molecular weight excluding hydrogens is 390 g/mol. The average Bonchev–Trinajstić information content (AvgIpc) is 3.23. The number of carbonyl (C=O) groups excluding carboxylic acids is 2. The van der Waals surface area contributed by atoms with E-state index in [0.717, 1.165) is 69.4 Å². The molecule has 0 spiro atoms. The second kappa shape index (κ2) is 11.9. The molecule has 0 radical (unpaired) electrons. The smallest absolute Gasteiger partial charge is 0.240 e. The molecule has 3 unspecified atom stereocenters. The zero-order chi connectivity index (χ0) is 22.9. The molecule has 1 aromatic carbocycles. The van der Waals surface area contributed by atoms with Crippen molar-refractivity contribution in [3.8, 4) is 12.3 Å². The quantitative estimate of drug-likeness (QED) is 0.540. The van der Waals surface area contributed by atoms with Crippen molar-refractivity contribution in [1.82, 2.24) is 10.2 Å². The Bertz CT molecular complexity index is 750. The van der Waals surface area contributed by atoms with Gasteiger partial charge in [0, 0.05) is 31.4 Å². The second-order valence-electron chi connectivity index (χ2n) is 8.78. The number of carbonyl (C=O) groups is 2. The number of terminal acetylenes is 1. The molecule has 0 aromatic heterocycles. The summed E-state index contributed by atoms with van der Waals surface area (Å²) < 4.78 is 5.36. The van der Waals surface area contributed by atoms with Crippen LogP contribution in [0, 0.1) is 17.8 Å². The van der Waals surface area contributed by atoms with Crippen molar-refractivity contribution in [3.63, 3.8) is 0 Å². The van der Waals surface area contributed by atoms with Crippen LogP contribution in [0.1, 0.15) is 70.0 Å². The van der Waals surface area contributed by atoms with E-state index in [1.165, 1.54) is 0 Å². The maximum absolute atomic E-state index is 12.4. The first kappa shape index (κ1) is 24.9. The highest BCUT2D eigenvalue weighted by Crippen LogP contribution is 2.34. The normalized spacial score (nSPS) is 21.8. The molecule has 0 aliphatic carbocycles. The van der Waals surface area contributed by atoms with Gasteiger partial charge in [0.25, 0.3) is 0 Å². The molecule has 6 nitrogen and oxygen atoms in total. The summed E-state index contributed by atoms with van der Waals surface area (Å²) in [4.78, 5) is 24.7. The van der Waals surface area contributed by atoms with Gasteiger partial charge in [-0.05, 0) is 62.1 Å². The van der Waals surface area contributed by atoms with Crippen molar-refractivity contribution in [1.29, 1.82) is 0 Å². The van der Waals surface area contributed by atoms with Crippen LogP contribution in [-0.2, 0) is 14.3 Å². The zero-order valence-corrected chi connectivity index (χ0v) is 19.1. The van der Waals surface area contributed by atoms with Gasteiger partial charge in [-0.1, -0.05) is 31.9 Å². The first-order chi connectivity index (χ1) is 14.9. The van der Waals surface area contributed by atoms with Crippen molar-refractivity contribution in [3.05, 3.63) is 35.4 Å². The molecule has 0 bridgehead atoms. The fourth-order valence-electron chi connectivity index (χ4n) is 4.23. The lowest BCUT2D eigenvalue weighted by atomic mass is 9.75. The van der Waals surface area contributed by atoms with Crippen LogP contribution in [0.4, 0.5) is 0 Å². The Morgan fingerprint density at radius 3 is 2.52 bits per heavy atom. The average molecular weight is 428 g/mol. The number of ether oxygens (including phenoxy) is 1. The minimum atomic E-state index is -0.369. The van der Waals surface area contributed by atoms with Gasteiger partial charge in [0.15, 0.2) is 0 Å². The van der Waals surface area contributed by atoms with Crippen molar-refractivity contribution in [2.75, 3.05) is 19.8 Å². The van der Waals surface area contributed by atoms with Gasteiger partial charge in [0.2, 0.25) is 12.3 Å². The zero-order valence-electron chi connectivity index (χ0n) is 19.1. The standard InChI is InChI=1S/C13H24N2O2.C12H13NO/c1-10-4-3-7-15(10)12(16)11(14)13(2)5-8-17-9-6-13;1-3-10-5-7-11(8-6-10)12(4-2)13-9-14/h10-11H,3-9,14H2,1-2H3;1,5-9,12H,4H2,2H3,(H,13,14). The van der Waals surface area contributed by atoms with E-state index in [4.69, 9.17) is 16.9 Å². The van der Waals surface area contributed by atoms with Gasteiger partial charge in [-0.15, -0.1) is 6.42 Å². The lowest BCUT2D eigenvalue weighted by molar-refractivity contribution is -0.137. The summed E-state index contributed by atoms with van der Waals surface area (Å²) in [7, 11) is 0. The highest BCUT2D eigenvalue weighted by molar-refractivity contribution is 5.83. The van der Waals surface area contributed by atoms with E-state index < -0.39 is 0 Å². The van der Waals surface area contributed by atoms with Crippen LogP contribution in [0.2, 0.25) is 0 Å². The molecule has 6 heteroatoms. The Hall–Kier alpha value is -2.36. The fraction of sp³-hybridized carbons (Fsp3) is 0.600. The van der Waals surface area contributed by atoms with Crippen LogP contribution in [0.15, 0.2) is 24.3 Å². The molecule has 2 aliphatic heterocycles. The topological polar surface area (TPSA) is 84.7 Å². The first-order valence-electron chi connectivity index (χ1n) is 11.3. The molecule has 2 saturated heterocycles. The molecule has 1 aromatic rings. The number of benzene rings is 1.